The first-order valence-electron chi connectivity index (χ1n) is 9.94. The Hall–Kier alpha value is -3.28. The fraction of sp³-hybridized carbons (Fsp3) is 0.333. The molecule has 158 valence electrons. The van der Waals surface area contributed by atoms with Crippen LogP contribution in [0.4, 0.5) is 4.79 Å². The minimum Gasteiger partial charge on any atom is -0.445 e. The van der Waals surface area contributed by atoms with Crippen molar-refractivity contribution in [2.24, 2.45) is 0 Å². The van der Waals surface area contributed by atoms with Gasteiger partial charge in [-0.3, -0.25) is 14.4 Å². The van der Waals surface area contributed by atoms with E-state index in [0.717, 1.165) is 5.56 Å². The van der Waals surface area contributed by atoms with E-state index in [9.17, 15) is 19.2 Å². The van der Waals surface area contributed by atoms with Crippen molar-refractivity contribution in [1.82, 2.24) is 5.32 Å². The van der Waals surface area contributed by atoms with Gasteiger partial charge >= 0.3 is 6.09 Å². The van der Waals surface area contributed by atoms with Gasteiger partial charge in [-0.2, -0.15) is 0 Å². The number of alkyl carbamates (subject to hydrolysis) is 1. The Kier molecular flexibility index (Phi) is 8.47. The highest BCUT2D eigenvalue weighted by Gasteiger charge is 2.17. The van der Waals surface area contributed by atoms with Gasteiger partial charge in [0.05, 0.1) is 0 Å². The van der Waals surface area contributed by atoms with Gasteiger partial charge in [-0.05, 0) is 56.9 Å². The summed E-state index contributed by atoms with van der Waals surface area (Å²) in [6.45, 7) is 5.15. The van der Waals surface area contributed by atoms with E-state index in [-0.39, 0.29) is 30.4 Å². The zero-order chi connectivity index (χ0) is 22.1. The minimum absolute atomic E-state index is 0.133. The Bertz CT molecular complexity index is 899. The molecule has 0 aromatic heterocycles. The number of ether oxygens (including phenoxy) is 1. The molecule has 0 radical (unpaired) electrons. The molecule has 1 N–H and O–H groups in total. The van der Waals surface area contributed by atoms with Crippen molar-refractivity contribution in [2.75, 3.05) is 6.54 Å². The fourth-order valence-electron chi connectivity index (χ4n) is 3.13. The first kappa shape index (κ1) is 23.0. The molecule has 1 amide bonds. The number of carbonyl (C=O) groups excluding carboxylic acids is 4. The van der Waals surface area contributed by atoms with Crippen LogP contribution in [0.25, 0.3) is 0 Å². The van der Waals surface area contributed by atoms with E-state index in [0.29, 0.717) is 41.6 Å². The summed E-state index contributed by atoms with van der Waals surface area (Å²) >= 11 is 0. The molecule has 0 heterocycles. The summed E-state index contributed by atoms with van der Waals surface area (Å²) in [5.74, 6) is -0.489. The van der Waals surface area contributed by atoms with Crippen molar-refractivity contribution < 1.29 is 23.9 Å². The molecule has 6 nitrogen and oxygen atoms in total. The van der Waals surface area contributed by atoms with Crippen molar-refractivity contribution in [2.45, 2.75) is 46.6 Å². The molecular weight excluding hydrogens is 382 g/mol. The van der Waals surface area contributed by atoms with Gasteiger partial charge in [0.1, 0.15) is 6.61 Å². The monoisotopic (exact) mass is 409 g/mol. The van der Waals surface area contributed by atoms with E-state index in [1.165, 1.54) is 13.8 Å². The number of carbonyl (C=O) groups is 4. The number of hydrogen-bond acceptors (Lipinski definition) is 5. The van der Waals surface area contributed by atoms with E-state index in [1.807, 2.05) is 30.3 Å². The van der Waals surface area contributed by atoms with Crippen LogP contribution in [-0.2, 0) is 11.3 Å². The smallest absolute Gasteiger partial charge is 0.407 e. The summed E-state index contributed by atoms with van der Waals surface area (Å²) in [4.78, 5) is 47.9. The Balaban J connectivity index is 1.80. The number of Topliss-reactive ketones (excluding diaryl/α,β-unsaturated/α-hetero) is 3. The van der Waals surface area contributed by atoms with E-state index in [2.05, 4.69) is 5.32 Å². The zero-order valence-electron chi connectivity index (χ0n) is 17.6. The summed E-state index contributed by atoms with van der Waals surface area (Å²) in [7, 11) is 0. The zero-order valence-corrected chi connectivity index (χ0v) is 17.6. The lowest BCUT2D eigenvalue weighted by Crippen LogP contribution is -2.25. The number of benzene rings is 2. The number of hydrogen-bond donors (Lipinski definition) is 1. The standard InChI is InChI=1S/C24H27NO5/c1-16-21(17(2)26)13-20(14-22(16)18(3)27)23(28)11-7-8-12-25-24(29)30-15-19-9-5-4-6-10-19/h4-6,9-10,13-14H,7-8,11-12,15H2,1-3H3,(H,25,29). The van der Waals surface area contributed by atoms with Gasteiger partial charge in [0.25, 0.3) is 0 Å². The number of rotatable bonds is 10. The third-order valence-electron chi connectivity index (χ3n) is 4.80. The van der Waals surface area contributed by atoms with Crippen LogP contribution in [0.5, 0.6) is 0 Å². The molecule has 2 aromatic carbocycles. The normalized spacial score (nSPS) is 10.4. The van der Waals surface area contributed by atoms with Crippen molar-refractivity contribution in [1.29, 1.82) is 0 Å². The second-order valence-corrected chi connectivity index (χ2v) is 7.18. The maximum Gasteiger partial charge on any atom is 0.407 e. The molecule has 2 rings (SSSR count). The third-order valence-corrected chi connectivity index (χ3v) is 4.80. The molecule has 0 saturated heterocycles. The van der Waals surface area contributed by atoms with Crippen molar-refractivity contribution in [3.63, 3.8) is 0 Å². The van der Waals surface area contributed by atoms with E-state index in [4.69, 9.17) is 4.74 Å². The average molecular weight is 409 g/mol. The summed E-state index contributed by atoms with van der Waals surface area (Å²) < 4.78 is 5.13. The molecule has 2 aromatic rings. The number of ketones is 3. The van der Waals surface area contributed by atoms with Gasteiger partial charge in [-0.15, -0.1) is 0 Å². The van der Waals surface area contributed by atoms with Crippen molar-refractivity contribution in [3.05, 3.63) is 70.3 Å². The first-order valence-corrected chi connectivity index (χ1v) is 9.94. The molecule has 0 spiro atoms. The predicted octanol–water partition coefficient (Wildman–Crippen LogP) is 4.68. The van der Waals surface area contributed by atoms with Crippen LogP contribution in [-0.4, -0.2) is 30.0 Å². The van der Waals surface area contributed by atoms with E-state index < -0.39 is 6.09 Å². The maximum absolute atomic E-state index is 12.5. The summed E-state index contributed by atoms with van der Waals surface area (Å²) in [5.41, 5.74) is 2.67. The molecule has 0 unspecified atom stereocenters. The highest BCUT2D eigenvalue weighted by molar-refractivity contribution is 6.06. The molecule has 0 aliphatic rings. The molecule has 6 heteroatoms. The van der Waals surface area contributed by atoms with Crippen LogP contribution in [0.1, 0.15) is 75.3 Å². The number of unbranched alkanes of at least 4 members (excludes halogenated alkanes) is 1. The molecule has 0 bridgehead atoms. The lowest BCUT2D eigenvalue weighted by atomic mass is 9.92. The van der Waals surface area contributed by atoms with Crippen LogP contribution < -0.4 is 5.32 Å². The van der Waals surface area contributed by atoms with Gasteiger partial charge in [-0.25, -0.2) is 4.79 Å². The Morgan fingerprint density at radius 3 is 2.07 bits per heavy atom. The predicted molar refractivity (Wildman–Crippen MR) is 114 cm³/mol. The molecule has 0 aliphatic heterocycles. The number of amides is 1. The topological polar surface area (TPSA) is 89.5 Å². The van der Waals surface area contributed by atoms with Crippen LogP contribution in [0.2, 0.25) is 0 Å². The van der Waals surface area contributed by atoms with E-state index in [1.54, 1.807) is 19.1 Å². The van der Waals surface area contributed by atoms with Crippen LogP contribution >= 0.6 is 0 Å². The summed E-state index contributed by atoms with van der Waals surface area (Å²) in [5, 5.41) is 2.66. The van der Waals surface area contributed by atoms with Gasteiger partial charge in [0.2, 0.25) is 0 Å². The fourth-order valence-corrected chi connectivity index (χ4v) is 3.13. The second kappa shape index (κ2) is 11.0. The largest absolute Gasteiger partial charge is 0.445 e. The molecule has 0 atom stereocenters. The van der Waals surface area contributed by atoms with Crippen molar-refractivity contribution >= 4 is 23.4 Å². The van der Waals surface area contributed by atoms with Crippen LogP contribution in [0.15, 0.2) is 42.5 Å². The summed E-state index contributed by atoms with van der Waals surface area (Å²) in [6, 6.07) is 12.5. The highest BCUT2D eigenvalue weighted by Crippen LogP contribution is 2.20. The second-order valence-electron chi connectivity index (χ2n) is 7.18. The van der Waals surface area contributed by atoms with Gasteiger partial charge in [-0.1, -0.05) is 30.3 Å². The Morgan fingerprint density at radius 1 is 0.900 bits per heavy atom. The van der Waals surface area contributed by atoms with Gasteiger partial charge in [0.15, 0.2) is 17.3 Å². The highest BCUT2D eigenvalue weighted by atomic mass is 16.5. The molecule has 30 heavy (non-hydrogen) atoms. The molecule has 0 fully saturated rings. The summed E-state index contributed by atoms with van der Waals surface area (Å²) in [6.07, 6.45) is 0.938. The lowest BCUT2D eigenvalue weighted by molar-refractivity contribution is 0.0979. The van der Waals surface area contributed by atoms with Gasteiger partial charge < -0.3 is 10.1 Å². The molecule has 0 aliphatic carbocycles. The van der Waals surface area contributed by atoms with E-state index >= 15 is 0 Å². The molecular formula is C24H27NO5. The quantitative estimate of drug-likeness (QED) is 0.455. The Labute approximate surface area is 176 Å². The first-order chi connectivity index (χ1) is 14.3. The lowest BCUT2D eigenvalue weighted by Gasteiger charge is -2.11. The molecule has 0 saturated carbocycles. The minimum atomic E-state index is -0.499. The van der Waals surface area contributed by atoms with Crippen molar-refractivity contribution in [3.8, 4) is 0 Å². The van der Waals surface area contributed by atoms with Crippen LogP contribution in [0.3, 0.4) is 0 Å². The van der Waals surface area contributed by atoms with Crippen LogP contribution in [0, 0.1) is 6.92 Å². The maximum atomic E-state index is 12.5. The Morgan fingerprint density at radius 2 is 1.50 bits per heavy atom. The third kappa shape index (κ3) is 6.65. The van der Waals surface area contributed by atoms with Gasteiger partial charge in [0, 0.05) is 29.7 Å². The average Bonchev–Trinajstić information content (AvgIpc) is 2.72. The number of nitrogens with one attached hydrogen (secondary N) is 1. The SMILES string of the molecule is CC(=O)c1cc(C(=O)CCCCNC(=O)OCc2ccccc2)cc(C(C)=O)c1C.